The van der Waals surface area contributed by atoms with Gasteiger partial charge in [-0.2, -0.15) is 4.98 Å². The molecule has 1 aromatic heterocycles. The number of nitrogens with zero attached hydrogens (tertiary/aromatic N) is 5. The van der Waals surface area contributed by atoms with Gasteiger partial charge in [-0.15, -0.1) is 0 Å². The smallest absolute Gasteiger partial charge is 0.351 e. The third-order valence-electron chi connectivity index (χ3n) is 8.75. The maximum Gasteiger partial charge on any atom is 0.351 e. The summed E-state index contributed by atoms with van der Waals surface area (Å²) in [7, 11) is 0. The molecule has 0 radical (unpaired) electrons. The first-order valence-corrected chi connectivity index (χ1v) is 17.0. The zero-order chi connectivity index (χ0) is 40.6. The normalized spacial score (nSPS) is 16.1. The second-order valence-electron chi connectivity index (χ2n) is 12.4. The van der Waals surface area contributed by atoms with Crippen LogP contribution in [0.1, 0.15) is 39.7 Å². The predicted molar refractivity (Wildman–Crippen MR) is 197 cm³/mol. The standard InChI is InChI=1S/C37H32N6O14/c44-18-32-29(45)17-34(57-32)40-14-13-33(39-37(40)47)38-36(46)25-15-30(54-19-22-7-1-4-10-26(22)41(48)49)35(56-21-24-9-3-6-12-28(24)43(52)53)31(16-25)55-20-23-8-2-5-11-27(23)42(50)51/h1-16,29,32,34,44-45H,17-21H2,(H,38,39,46,47)/t29?,32-,34-/m1/s1. The van der Waals surface area contributed by atoms with E-state index in [0.29, 0.717) is 0 Å². The lowest BCUT2D eigenvalue weighted by atomic mass is 10.1. The van der Waals surface area contributed by atoms with E-state index in [1.165, 1.54) is 79.0 Å². The Morgan fingerprint density at radius 3 is 1.70 bits per heavy atom. The van der Waals surface area contributed by atoms with E-state index in [0.717, 1.165) is 4.57 Å². The van der Waals surface area contributed by atoms with Crippen LogP contribution in [0.5, 0.6) is 17.2 Å². The third kappa shape index (κ3) is 9.16. The van der Waals surface area contributed by atoms with Gasteiger partial charge in [0.2, 0.25) is 5.75 Å². The molecule has 3 N–H and O–H groups in total. The number of para-hydroxylation sites is 3. The van der Waals surface area contributed by atoms with E-state index in [9.17, 15) is 50.1 Å². The summed E-state index contributed by atoms with van der Waals surface area (Å²) < 4.78 is 24.8. The molecule has 6 rings (SSSR count). The van der Waals surface area contributed by atoms with E-state index in [1.807, 2.05) is 0 Å². The Balaban J connectivity index is 1.38. The predicted octanol–water partition coefficient (Wildman–Crippen LogP) is 4.60. The molecular weight excluding hydrogens is 752 g/mol. The van der Waals surface area contributed by atoms with Gasteiger partial charge in [-0.3, -0.25) is 39.7 Å². The lowest BCUT2D eigenvalue weighted by molar-refractivity contribution is -0.386. The summed E-state index contributed by atoms with van der Waals surface area (Å²) in [5.41, 5.74) is -1.41. The largest absolute Gasteiger partial charge is 0.485 e. The minimum atomic E-state index is -1.02. The molecule has 1 saturated heterocycles. The lowest BCUT2D eigenvalue weighted by Crippen LogP contribution is -2.28. The first kappa shape index (κ1) is 39.4. The highest BCUT2D eigenvalue weighted by molar-refractivity contribution is 6.04. The van der Waals surface area contributed by atoms with Gasteiger partial charge in [-0.05, 0) is 36.4 Å². The molecule has 4 aromatic carbocycles. The molecule has 1 amide bonds. The Bertz CT molecular complexity index is 2310. The van der Waals surface area contributed by atoms with Gasteiger partial charge in [-0.25, -0.2) is 4.79 Å². The lowest BCUT2D eigenvalue weighted by Gasteiger charge is -2.19. The molecule has 5 aromatic rings. The van der Waals surface area contributed by atoms with Crippen molar-refractivity contribution in [2.45, 2.75) is 44.7 Å². The number of aliphatic hydroxyl groups is 2. The Kier molecular flexibility index (Phi) is 12.1. The van der Waals surface area contributed by atoms with Crippen molar-refractivity contribution in [2.75, 3.05) is 11.9 Å². The maximum absolute atomic E-state index is 13.8. The summed E-state index contributed by atoms with van der Waals surface area (Å²) in [5.74, 6) is -1.68. The molecule has 0 bridgehead atoms. The molecule has 20 heteroatoms. The molecule has 1 unspecified atom stereocenters. The fourth-order valence-electron chi connectivity index (χ4n) is 5.90. The van der Waals surface area contributed by atoms with Crippen molar-refractivity contribution in [2.24, 2.45) is 0 Å². The molecule has 2 heterocycles. The average molecular weight is 785 g/mol. The number of benzene rings is 4. The number of rotatable bonds is 16. The number of nitro benzene ring substituents is 3. The SMILES string of the molecule is O=C(Nc1ccn([C@H]2CC(O)[C@@H](CO)O2)c(=O)n1)c1cc(OCc2ccccc2[N+](=O)[O-])c(OCc2ccccc2[N+](=O)[O-])c(OCc2ccccc2[N+](=O)[O-])c1. The maximum atomic E-state index is 13.8. The van der Waals surface area contributed by atoms with Gasteiger partial charge in [-0.1, -0.05) is 36.4 Å². The van der Waals surface area contributed by atoms with E-state index >= 15 is 0 Å². The summed E-state index contributed by atoms with van der Waals surface area (Å²) in [5, 5.41) is 57.3. The highest BCUT2D eigenvalue weighted by atomic mass is 16.6. The van der Waals surface area contributed by atoms with Crippen molar-refractivity contribution >= 4 is 28.8 Å². The number of nitro groups is 3. The topological polar surface area (TPSA) is 271 Å². The van der Waals surface area contributed by atoms with Gasteiger partial charge in [0.25, 0.3) is 23.0 Å². The van der Waals surface area contributed by atoms with Gasteiger partial charge in [0.1, 0.15) is 38.0 Å². The molecule has 0 spiro atoms. The van der Waals surface area contributed by atoms with Crippen LogP contribution in [0.3, 0.4) is 0 Å². The van der Waals surface area contributed by atoms with Crippen molar-refractivity contribution in [1.29, 1.82) is 0 Å². The van der Waals surface area contributed by atoms with Gasteiger partial charge in [0.15, 0.2) is 11.5 Å². The number of hydrogen-bond donors (Lipinski definition) is 3. The summed E-state index contributed by atoms with van der Waals surface area (Å²) in [6.45, 7) is -1.75. The molecule has 20 nitrogen and oxygen atoms in total. The fraction of sp³-hybridized carbons (Fsp3) is 0.216. The molecule has 1 aliphatic rings. The Labute approximate surface area is 320 Å². The first-order valence-electron chi connectivity index (χ1n) is 17.0. The minimum absolute atomic E-state index is 0.00832. The van der Waals surface area contributed by atoms with Crippen molar-refractivity contribution in [3.05, 3.63) is 160 Å². The number of aromatic nitrogens is 2. The monoisotopic (exact) mass is 784 g/mol. The second-order valence-corrected chi connectivity index (χ2v) is 12.4. The summed E-state index contributed by atoms with van der Waals surface area (Å²) in [6, 6.07) is 20.9. The highest BCUT2D eigenvalue weighted by Crippen LogP contribution is 2.42. The molecule has 3 atom stereocenters. The quantitative estimate of drug-likeness (QED) is 0.0911. The van der Waals surface area contributed by atoms with Crippen molar-refractivity contribution in [3.63, 3.8) is 0 Å². The molecule has 0 aliphatic carbocycles. The number of anilines is 1. The minimum Gasteiger partial charge on any atom is -0.485 e. The van der Waals surface area contributed by atoms with E-state index in [1.54, 1.807) is 18.2 Å². The zero-order valence-electron chi connectivity index (χ0n) is 29.5. The summed E-state index contributed by atoms with van der Waals surface area (Å²) >= 11 is 0. The van der Waals surface area contributed by atoms with Crippen LogP contribution in [0, 0.1) is 30.3 Å². The van der Waals surface area contributed by atoms with Crippen LogP contribution < -0.4 is 25.2 Å². The second kappa shape index (κ2) is 17.5. The Morgan fingerprint density at radius 2 is 1.26 bits per heavy atom. The summed E-state index contributed by atoms with van der Waals surface area (Å²) in [4.78, 5) is 64.1. The van der Waals surface area contributed by atoms with Crippen LogP contribution in [0.4, 0.5) is 22.9 Å². The average Bonchev–Trinajstić information content (AvgIpc) is 3.58. The summed E-state index contributed by atoms with van der Waals surface area (Å²) in [6.07, 6.45) is -1.55. The van der Waals surface area contributed by atoms with Crippen LogP contribution >= 0.6 is 0 Å². The van der Waals surface area contributed by atoms with Crippen LogP contribution in [0.15, 0.2) is 102 Å². The van der Waals surface area contributed by atoms with Gasteiger partial charge in [0.05, 0.1) is 44.2 Å². The van der Waals surface area contributed by atoms with Crippen molar-refractivity contribution in [3.8, 4) is 17.2 Å². The number of hydrogen-bond acceptors (Lipinski definition) is 15. The fourth-order valence-corrected chi connectivity index (χ4v) is 5.90. The van der Waals surface area contributed by atoms with E-state index in [4.69, 9.17) is 18.9 Å². The molecule has 1 fully saturated rings. The van der Waals surface area contributed by atoms with Crippen LogP contribution in [-0.2, 0) is 24.6 Å². The number of aliphatic hydroxyl groups excluding tert-OH is 2. The van der Waals surface area contributed by atoms with Crippen LogP contribution in [0.2, 0.25) is 0 Å². The number of carbonyl (C=O) groups is 1. The molecule has 294 valence electrons. The van der Waals surface area contributed by atoms with Crippen LogP contribution in [-0.4, -0.2) is 59.3 Å². The highest BCUT2D eigenvalue weighted by Gasteiger charge is 2.35. The van der Waals surface area contributed by atoms with Crippen molar-refractivity contribution in [1.82, 2.24) is 9.55 Å². The number of amides is 1. The first-order chi connectivity index (χ1) is 27.4. The molecule has 0 saturated carbocycles. The zero-order valence-corrected chi connectivity index (χ0v) is 29.5. The van der Waals surface area contributed by atoms with Gasteiger partial charge < -0.3 is 34.5 Å². The van der Waals surface area contributed by atoms with E-state index < -0.39 is 71.2 Å². The molecule has 1 aliphatic heterocycles. The van der Waals surface area contributed by atoms with Crippen LogP contribution in [0.25, 0.3) is 0 Å². The van der Waals surface area contributed by atoms with E-state index in [2.05, 4.69) is 10.3 Å². The van der Waals surface area contributed by atoms with Crippen molar-refractivity contribution < 1.29 is 48.7 Å². The van der Waals surface area contributed by atoms with E-state index in [-0.39, 0.29) is 68.8 Å². The van der Waals surface area contributed by atoms with Gasteiger partial charge in [0, 0.05) is 36.4 Å². The number of carbonyl (C=O) groups excluding carboxylic acids is 1. The third-order valence-corrected chi connectivity index (χ3v) is 8.75. The number of ether oxygens (including phenoxy) is 4. The Morgan fingerprint density at radius 1 is 0.789 bits per heavy atom. The molecule has 57 heavy (non-hydrogen) atoms. The number of nitrogens with one attached hydrogen (secondary N) is 1. The van der Waals surface area contributed by atoms with Gasteiger partial charge >= 0.3 is 5.69 Å². The Hall–Kier alpha value is -7.29. The molecular formula is C37H32N6O14.